The summed E-state index contributed by atoms with van der Waals surface area (Å²) in [5.74, 6) is 1.61. The molecule has 24 heavy (non-hydrogen) atoms. The summed E-state index contributed by atoms with van der Waals surface area (Å²) in [7, 11) is -3.49. The minimum atomic E-state index is -3.49. The first-order valence-electron chi connectivity index (χ1n) is 7.42. The largest absolute Gasteiger partial charge is 0.351 e. The van der Waals surface area contributed by atoms with Crippen LogP contribution in [0.2, 0.25) is 0 Å². The van der Waals surface area contributed by atoms with Crippen molar-refractivity contribution in [1.82, 2.24) is 10.2 Å². The summed E-state index contributed by atoms with van der Waals surface area (Å²) in [5.41, 5.74) is 0.295. The molecule has 6 nitrogen and oxygen atoms in total. The average Bonchev–Trinajstić information content (AvgIpc) is 3.06. The summed E-state index contributed by atoms with van der Waals surface area (Å²) < 4.78 is 27.1. The van der Waals surface area contributed by atoms with E-state index in [0.29, 0.717) is 18.7 Å². The standard InChI is InChI=1S/C15H17N3O3S3/c19-15(16-5-9-22-11-12-3-2-8-23-12)13-4-1-6-18-7-10-24(20,21)17-14(13)18/h1-4,6,8H,5,7,9-11H2,(H,16,19). The summed E-state index contributed by atoms with van der Waals surface area (Å²) in [6.45, 7) is 0.842. The van der Waals surface area contributed by atoms with Gasteiger partial charge < -0.3 is 10.2 Å². The van der Waals surface area contributed by atoms with Crippen LogP contribution < -0.4 is 5.32 Å². The number of hydrogen-bond donors (Lipinski definition) is 1. The average molecular weight is 384 g/mol. The molecule has 3 heterocycles. The molecular weight excluding hydrogens is 366 g/mol. The lowest BCUT2D eigenvalue weighted by Gasteiger charge is -2.28. The van der Waals surface area contributed by atoms with Gasteiger partial charge in [0.05, 0.1) is 11.3 Å². The fourth-order valence-electron chi connectivity index (χ4n) is 2.29. The maximum absolute atomic E-state index is 12.3. The maximum atomic E-state index is 12.3. The molecular formula is C15H17N3O3S3. The first-order valence-corrected chi connectivity index (χ1v) is 11.1. The number of allylic oxidation sites excluding steroid dienone is 2. The molecule has 0 aliphatic carbocycles. The molecule has 0 atom stereocenters. The predicted molar refractivity (Wildman–Crippen MR) is 98.6 cm³/mol. The summed E-state index contributed by atoms with van der Waals surface area (Å²) in [6, 6.07) is 4.11. The Morgan fingerprint density at radius 3 is 3.12 bits per heavy atom. The monoisotopic (exact) mass is 383 g/mol. The number of fused-ring (bicyclic) bond motifs is 1. The summed E-state index contributed by atoms with van der Waals surface area (Å²) >= 11 is 3.47. The zero-order chi connectivity index (χ0) is 17.0. The second-order valence-corrected chi connectivity index (χ2v) is 9.10. The lowest BCUT2D eigenvalue weighted by atomic mass is 10.1. The minimum absolute atomic E-state index is 0.0326. The van der Waals surface area contributed by atoms with Crippen LogP contribution in [-0.4, -0.2) is 49.7 Å². The molecule has 1 amide bonds. The van der Waals surface area contributed by atoms with Crippen molar-refractivity contribution in [3.63, 3.8) is 0 Å². The van der Waals surface area contributed by atoms with E-state index in [2.05, 4.69) is 15.8 Å². The highest BCUT2D eigenvalue weighted by molar-refractivity contribution is 7.98. The molecule has 0 saturated carbocycles. The smallest absolute Gasteiger partial charge is 0.256 e. The molecule has 0 unspecified atom stereocenters. The third-order valence-corrected chi connectivity index (χ3v) is 6.68. The van der Waals surface area contributed by atoms with Gasteiger partial charge in [0.2, 0.25) is 0 Å². The summed E-state index contributed by atoms with van der Waals surface area (Å²) in [5, 5.41) is 4.88. The molecule has 1 aromatic rings. The van der Waals surface area contributed by atoms with Gasteiger partial charge >= 0.3 is 0 Å². The zero-order valence-electron chi connectivity index (χ0n) is 12.8. The van der Waals surface area contributed by atoms with Gasteiger partial charge in [-0.05, 0) is 23.6 Å². The number of hydrogen-bond acceptors (Lipinski definition) is 6. The van der Waals surface area contributed by atoms with Crippen LogP contribution in [0.5, 0.6) is 0 Å². The van der Waals surface area contributed by atoms with Crippen LogP contribution in [0.25, 0.3) is 0 Å². The van der Waals surface area contributed by atoms with E-state index in [1.54, 1.807) is 46.4 Å². The minimum Gasteiger partial charge on any atom is -0.351 e. The van der Waals surface area contributed by atoms with Crippen molar-refractivity contribution in [3.8, 4) is 0 Å². The van der Waals surface area contributed by atoms with Crippen molar-refractivity contribution in [3.05, 3.63) is 46.3 Å². The Morgan fingerprint density at radius 2 is 2.33 bits per heavy atom. The lowest BCUT2D eigenvalue weighted by molar-refractivity contribution is -0.116. The van der Waals surface area contributed by atoms with Crippen molar-refractivity contribution in [2.75, 3.05) is 24.6 Å². The molecule has 0 saturated heterocycles. The van der Waals surface area contributed by atoms with Crippen LogP contribution in [0, 0.1) is 0 Å². The highest BCUT2D eigenvalue weighted by Gasteiger charge is 2.29. The van der Waals surface area contributed by atoms with E-state index in [9.17, 15) is 13.2 Å². The van der Waals surface area contributed by atoms with E-state index in [4.69, 9.17) is 0 Å². The zero-order valence-corrected chi connectivity index (χ0v) is 15.3. The van der Waals surface area contributed by atoms with Gasteiger partial charge in [0.1, 0.15) is 0 Å². The van der Waals surface area contributed by atoms with E-state index in [0.717, 1.165) is 11.5 Å². The van der Waals surface area contributed by atoms with Gasteiger partial charge in [-0.2, -0.15) is 11.8 Å². The van der Waals surface area contributed by atoms with Crippen molar-refractivity contribution in [2.24, 2.45) is 4.40 Å². The normalized spacial score (nSPS) is 18.6. The van der Waals surface area contributed by atoms with E-state index in [1.807, 2.05) is 11.4 Å². The summed E-state index contributed by atoms with van der Waals surface area (Å²) in [6.07, 6.45) is 5.07. The Morgan fingerprint density at radius 1 is 1.46 bits per heavy atom. The number of carbonyl (C=O) groups is 1. The van der Waals surface area contributed by atoms with Gasteiger partial charge in [0.15, 0.2) is 5.84 Å². The first-order chi connectivity index (χ1) is 11.6. The Kier molecular flexibility index (Phi) is 5.42. The molecule has 0 bridgehead atoms. The third-order valence-electron chi connectivity index (χ3n) is 3.46. The Balaban J connectivity index is 1.53. The highest BCUT2D eigenvalue weighted by atomic mass is 32.2. The number of amides is 1. The molecule has 128 valence electrons. The van der Waals surface area contributed by atoms with Gasteiger partial charge in [0, 0.05) is 35.7 Å². The lowest BCUT2D eigenvalue weighted by Crippen LogP contribution is -2.42. The van der Waals surface area contributed by atoms with Crippen molar-refractivity contribution >= 4 is 44.9 Å². The van der Waals surface area contributed by atoms with E-state index in [-0.39, 0.29) is 17.5 Å². The Hall–Kier alpha value is -1.58. The first kappa shape index (κ1) is 17.2. The van der Waals surface area contributed by atoms with Gasteiger partial charge in [0.25, 0.3) is 15.9 Å². The van der Waals surface area contributed by atoms with Gasteiger partial charge in [-0.25, -0.2) is 8.42 Å². The Labute approximate surface area is 149 Å². The van der Waals surface area contributed by atoms with Gasteiger partial charge in [-0.15, -0.1) is 15.7 Å². The van der Waals surface area contributed by atoms with E-state index >= 15 is 0 Å². The fourth-order valence-corrected chi connectivity index (χ4v) is 4.98. The van der Waals surface area contributed by atoms with Gasteiger partial charge in [-0.1, -0.05) is 6.07 Å². The summed E-state index contributed by atoms with van der Waals surface area (Å²) in [4.78, 5) is 15.3. The molecule has 1 N–H and O–H groups in total. The van der Waals surface area contributed by atoms with E-state index in [1.165, 1.54) is 4.88 Å². The SMILES string of the molecule is O=C(NCCSCc1cccs1)C1=CC=CN2CCS(=O)(=O)N=C12. The molecule has 1 aromatic heterocycles. The molecule has 0 radical (unpaired) electrons. The molecule has 0 fully saturated rings. The molecule has 2 aliphatic heterocycles. The molecule has 2 aliphatic rings. The van der Waals surface area contributed by atoms with E-state index < -0.39 is 10.0 Å². The highest BCUT2D eigenvalue weighted by Crippen LogP contribution is 2.18. The number of carbonyl (C=O) groups excluding carboxylic acids is 1. The fraction of sp³-hybridized carbons (Fsp3) is 0.333. The van der Waals surface area contributed by atoms with Crippen molar-refractivity contribution < 1.29 is 13.2 Å². The van der Waals surface area contributed by atoms with Crippen LogP contribution in [0.1, 0.15) is 4.88 Å². The predicted octanol–water partition coefficient (Wildman–Crippen LogP) is 1.60. The number of rotatable bonds is 6. The number of thioether (sulfide) groups is 1. The van der Waals surface area contributed by atoms with Gasteiger partial charge in [-0.3, -0.25) is 4.79 Å². The number of thiophene rings is 1. The second-order valence-electron chi connectivity index (χ2n) is 5.20. The topological polar surface area (TPSA) is 78.8 Å². The van der Waals surface area contributed by atoms with Crippen LogP contribution in [0.4, 0.5) is 0 Å². The Bertz CT molecular complexity index is 795. The third kappa shape index (κ3) is 4.28. The number of nitrogens with one attached hydrogen (secondary N) is 1. The molecule has 0 spiro atoms. The van der Waals surface area contributed by atoms with Crippen LogP contribution in [0.15, 0.2) is 45.8 Å². The maximum Gasteiger partial charge on any atom is 0.256 e. The van der Waals surface area contributed by atoms with Crippen molar-refractivity contribution in [1.29, 1.82) is 0 Å². The quantitative estimate of drug-likeness (QED) is 0.755. The number of nitrogens with zero attached hydrogens (tertiary/aromatic N) is 2. The number of amidine groups is 1. The molecule has 3 rings (SSSR count). The van der Waals surface area contributed by atoms with Crippen LogP contribution in [-0.2, 0) is 20.6 Å². The number of sulfonamides is 1. The van der Waals surface area contributed by atoms with Crippen LogP contribution >= 0.6 is 23.1 Å². The van der Waals surface area contributed by atoms with Crippen LogP contribution in [0.3, 0.4) is 0 Å². The molecule has 9 heteroatoms. The molecule has 0 aromatic carbocycles. The van der Waals surface area contributed by atoms with Crippen molar-refractivity contribution in [2.45, 2.75) is 5.75 Å². The second kappa shape index (κ2) is 7.54.